The molecule has 0 saturated heterocycles. The lowest BCUT2D eigenvalue weighted by molar-refractivity contribution is -0.274. The maximum atomic E-state index is 12.4. The quantitative estimate of drug-likeness (QED) is 0.729. The third kappa shape index (κ3) is 5.49. The maximum Gasteiger partial charge on any atom is 0.573 e. The normalized spacial score (nSPS) is 13.5. The van der Waals surface area contributed by atoms with Gasteiger partial charge in [0.05, 0.1) is 27.6 Å². The molecule has 0 fully saturated rings. The molecule has 5 nitrogen and oxygen atoms in total. The number of nitrogens with one attached hydrogen (secondary N) is 1. The van der Waals surface area contributed by atoms with Crippen molar-refractivity contribution in [1.82, 2.24) is 4.72 Å². The Labute approximate surface area is 157 Å². The first-order chi connectivity index (χ1) is 12.0. The molecule has 0 radical (unpaired) electrons. The molecule has 26 heavy (non-hydrogen) atoms. The van der Waals surface area contributed by atoms with E-state index in [-0.39, 0.29) is 14.9 Å². The third-order valence-electron chi connectivity index (χ3n) is 3.19. The second-order valence-electron chi connectivity index (χ2n) is 5.05. The molecule has 11 heteroatoms. The van der Waals surface area contributed by atoms with E-state index in [1.165, 1.54) is 18.2 Å². The van der Waals surface area contributed by atoms with Gasteiger partial charge in [0, 0.05) is 0 Å². The molecule has 2 N–H and O–H groups in total. The molecule has 2 rings (SSSR count). The van der Waals surface area contributed by atoms with Gasteiger partial charge in [-0.15, -0.1) is 13.2 Å². The Morgan fingerprint density at radius 2 is 1.69 bits per heavy atom. The molecule has 0 aromatic heterocycles. The van der Waals surface area contributed by atoms with E-state index >= 15 is 0 Å². The van der Waals surface area contributed by atoms with Crippen molar-refractivity contribution < 1.29 is 31.4 Å². The van der Waals surface area contributed by atoms with E-state index in [1.807, 2.05) is 0 Å². The highest BCUT2D eigenvalue weighted by Gasteiger charge is 2.31. The molecular formula is C15H12Cl2F3NO4S. The van der Waals surface area contributed by atoms with Crippen LogP contribution in [-0.2, 0) is 10.0 Å². The standard InChI is InChI=1S/C15H12Cl2F3NO4S/c16-12-6-1-9(7-13(12)17)14(8-22)21-26(23,24)11-4-2-10(3-5-11)25-15(18,19)20/h1-7,14,21-22H,8H2/t14-/m0/s1. The fourth-order valence-electron chi connectivity index (χ4n) is 2.02. The average molecular weight is 430 g/mol. The summed E-state index contributed by atoms with van der Waals surface area (Å²) >= 11 is 11.7. The summed E-state index contributed by atoms with van der Waals surface area (Å²) in [7, 11) is -4.13. The monoisotopic (exact) mass is 429 g/mol. The van der Waals surface area contributed by atoms with Crippen LogP contribution in [0.15, 0.2) is 47.4 Å². The second kappa shape index (κ2) is 8.01. The van der Waals surface area contributed by atoms with Crippen LogP contribution in [0, 0.1) is 0 Å². The molecule has 0 amide bonds. The Hall–Kier alpha value is -1.52. The fourth-order valence-corrected chi connectivity index (χ4v) is 3.54. The first-order valence-electron chi connectivity index (χ1n) is 6.96. The highest BCUT2D eigenvalue weighted by Crippen LogP contribution is 2.27. The van der Waals surface area contributed by atoms with E-state index in [9.17, 15) is 26.7 Å². The maximum absolute atomic E-state index is 12.4. The molecule has 1 atom stereocenters. The Morgan fingerprint density at radius 1 is 1.08 bits per heavy atom. The highest BCUT2D eigenvalue weighted by atomic mass is 35.5. The van der Waals surface area contributed by atoms with Gasteiger partial charge in [0.2, 0.25) is 10.0 Å². The van der Waals surface area contributed by atoms with Gasteiger partial charge in [0.15, 0.2) is 0 Å². The van der Waals surface area contributed by atoms with Crippen molar-refractivity contribution in [3.8, 4) is 5.75 Å². The van der Waals surface area contributed by atoms with Crippen molar-refractivity contribution in [1.29, 1.82) is 0 Å². The molecule has 0 heterocycles. The number of halogens is 5. The summed E-state index contributed by atoms with van der Waals surface area (Å²) in [6, 6.07) is 6.94. The lowest BCUT2D eigenvalue weighted by atomic mass is 10.1. The van der Waals surface area contributed by atoms with Gasteiger partial charge in [-0.25, -0.2) is 13.1 Å². The molecule has 142 valence electrons. The summed E-state index contributed by atoms with van der Waals surface area (Å²) in [5.74, 6) is -0.556. The zero-order valence-corrected chi connectivity index (χ0v) is 15.1. The molecule has 0 spiro atoms. The van der Waals surface area contributed by atoms with Gasteiger partial charge < -0.3 is 9.84 Å². The van der Waals surface area contributed by atoms with E-state index in [0.29, 0.717) is 5.56 Å². The SMILES string of the molecule is O=S(=O)(N[C@@H](CO)c1ccc(Cl)c(Cl)c1)c1ccc(OC(F)(F)F)cc1. The number of alkyl halides is 3. The summed E-state index contributed by atoms with van der Waals surface area (Å²) in [6.07, 6.45) is -4.88. The van der Waals surface area contributed by atoms with Crippen LogP contribution in [0.3, 0.4) is 0 Å². The number of ether oxygens (including phenoxy) is 1. The van der Waals surface area contributed by atoms with Crippen LogP contribution in [0.25, 0.3) is 0 Å². The molecule has 2 aromatic rings. The lowest BCUT2D eigenvalue weighted by Crippen LogP contribution is -2.30. The minimum atomic E-state index is -4.88. The number of benzene rings is 2. The van der Waals surface area contributed by atoms with Gasteiger partial charge in [-0.3, -0.25) is 0 Å². The smallest absolute Gasteiger partial charge is 0.406 e. The Bertz CT molecular complexity index is 873. The predicted molar refractivity (Wildman–Crippen MR) is 89.7 cm³/mol. The minimum Gasteiger partial charge on any atom is -0.406 e. The molecule has 0 aliphatic carbocycles. The van der Waals surface area contributed by atoms with E-state index in [2.05, 4.69) is 9.46 Å². The molecule has 0 unspecified atom stereocenters. The number of sulfonamides is 1. The third-order valence-corrected chi connectivity index (χ3v) is 5.42. The van der Waals surface area contributed by atoms with Crippen LogP contribution >= 0.6 is 23.2 Å². The number of hydrogen-bond donors (Lipinski definition) is 2. The molecular weight excluding hydrogens is 418 g/mol. The van der Waals surface area contributed by atoms with Gasteiger partial charge in [-0.2, -0.15) is 0 Å². The van der Waals surface area contributed by atoms with Gasteiger partial charge >= 0.3 is 6.36 Å². The summed E-state index contributed by atoms with van der Waals surface area (Å²) in [5.41, 5.74) is 0.363. The largest absolute Gasteiger partial charge is 0.573 e. The number of rotatable bonds is 6. The first kappa shape index (κ1) is 20.8. The average Bonchev–Trinajstić information content (AvgIpc) is 2.54. The molecule has 0 bridgehead atoms. The molecule has 0 aliphatic heterocycles. The number of aliphatic hydroxyl groups excluding tert-OH is 1. The highest BCUT2D eigenvalue weighted by molar-refractivity contribution is 7.89. The Balaban J connectivity index is 2.21. The summed E-state index contributed by atoms with van der Waals surface area (Å²) in [4.78, 5) is -0.300. The summed E-state index contributed by atoms with van der Waals surface area (Å²) in [6.45, 7) is -0.577. The van der Waals surface area contributed by atoms with Gasteiger partial charge in [0.1, 0.15) is 5.75 Å². The van der Waals surface area contributed by atoms with Crippen LogP contribution in [-0.4, -0.2) is 26.5 Å². The Kier molecular flexibility index (Phi) is 6.41. The summed E-state index contributed by atoms with van der Waals surface area (Å²) < 4.78 is 67.1. The second-order valence-corrected chi connectivity index (χ2v) is 7.58. The summed E-state index contributed by atoms with van der Waals surface area (Å²) in [5, 5.41) is 9.91. The Morgan fingerprint density at radius 3 is 2.19 bits per heavy atom. The van der Waals surface area contributed by atoms with E-state index in [4.69, 9.17) is 23.2 Å². The molecule has 2 aromatic carbocycles. The molecule has 0 aliphatic rings. The van der Waals surface area contributed by atoms with Crippen molar-refractivity contribution in [3.63, 3.8) is 0 Å². The van der Waals surface area contributed by atoms with Crippen LogP contribution in [0.5, 0.6) is 5.75 Å². The van der Waals surface area contributed by atoms with Gasteiger partial charge in [0.25, 0.3) is 0 Å². The van der Waals surface area contributed by atoms with Crippen molar-refractivity contribution >= 4 is 33.2 Å². The van der Waals surface area contributed by atoms with Crippen LogP contribution in [0.1, 0.15) is 11.6 Å². The lowest BCUT2D eigenvalue weighted by Gasteiger charge is -2.18. The van der Waals surface area contributed by atoms with Crippen molar-refractivity contribution in [3.05, 3.63) is 58.1 Å². The van der Waals surface area contributed by atoms with E-state index < -0.39 is 34.8 Å². The van der Waals surface area contributed by atoms with Crippen molar-refractivity contribution in [2.45, 2.75) is 17.3 Å². The minimum absolute atomic E-state index is 0.176. The van der Waals surface area contributed by atoms with Crippen LogP contribution in [0.4, 0.5) is 13.2 Å². The van der Waals surface area contributed by atoms with E-state index in [0.717, 1.165) is 24.3 Å². The van der Waals surface area contributed by atoms with Gasteiger partial charge in [-0.1, -0.05) is 29.3 Å². The zero-order chi connectivity index (χ0) is 19.5. The first-order valence-corrected chi connectivity index (χ1v) is 9.20. The predicted octanol–water partition coefficient (Wildman–Crippen LogP) is 3.90. The van der Waals surface area contributed by atoms with E-state index in [1.54, 1.807) is 0 Å². The fraction of sp³-hybridized carbons (Fsp3) is 0.200. The number of hydrogen-bond acceptors (Lipinski definition) is 4. The van der Waals surface area contributed by atoms with Crippen LogP contribution in [0.2, 0.25) is 10.0 Å². The van der Waals surface area contributed by atoms with Gasteiger partial charge in [-0.05, 0) is 42.0 Å². The molecule has 0 saturated carbocycles. The van der Waals surface area contributed by atoms with Crippen molar-refractivity contribution in [2.24, 2.45) is 0 Å². The number of aliphatic hydroxyl groups is 1. The zero-order valence-electron chi connectivity index (χ0n) is 12.8. The van der Waals surface area contributed by atoms with Crippen molar-refractivity contribution in [2.75, 3.05) is 6.61 Å². The topological polar surface area (TPSA) is 75.6 Å². The van der Waals surface area contributed by atoms with Crippen LogP contribution < -0.4 is 9.46 Å².